The lowest BCUT2D eigenvalue weighted by molar-refractivity contribution is 0.100. The molecular weight excluding hydrogens is 140 g/mol. The molecule has 3 nitrogen and oxygen atoms in total. The number of H-pyrrole nitrogens is 1. The molecule has 0 unspecified atom stereocenters. The van der Waals surface area contributed by atoms with Crippen LogP contribution < -0.4 is 5.73 Å². The van der Waals surface area contributed by atoms with Crippen molar-refractivity contribution in [1.29, 1.82) is 0 Å². The van der Waals surface area contributed by atoms with Crippen molar-refractivity contribution in [3.05, 3.63) is 23.0 Å². The molecule has 0 bridgehead atoms. The van der Waals surface area contributed by atoms with Gasteiger partial charge in [-0.2, -0.15) is 0 Å². The van der Waals surface area contributed by atoms with Crippen LogP contribution in [0.15, 0.2) is 12.3 Å². The van der Waals surface area contributed by atoms with Crippen LogP contribution in [-0.2, 0) is 0 Å². The minimum Gasteiger partial charge on any atom is -0.366 e. The Kier molecular flexibility index (Phi) is 1.44. The molecular formula is C5H5ClN2O. The van der Waals surface area contributed by atoms with Gasteiger partial charge in [-0.05, 0) is 6.07 Å². The van der Waals surface area contributed by atoms with E-state index in [9.17, 15) is 4.79 Å². The highest BCUT2D eigenvalue weighted by molar-refractivity contribution is 6.32. The van der Waals surface area contributed by atoms with E-state index in [1.54, 1.807) is 6.20 Å². The van der Waals surface area contributed by atoms with Crippen LogP contribution in [0.1, 0.15) is 10.4 Å². The van der Waals surface area contributed by atoms with Gasteiger partial charge in [-0.3, -0.25) is 4.79 Å². The highest BCUT2D eigenvalue weighted by Gasteiger charge is 2.04. The lowest BCUT2D eigenvalue weighted by atomic mass is 10.3. The molecule has 48 valence electrons. The predicted octanol–water partition coefficient (Wildman–Crippen LogP) is 0.767. The Bertz CT molecular complexity index is 231. The monoisotopic (exact) mass is 144 g/mol. The molecule has 0 aliphatic carbocycles. The normalized spacial score (nSPS) is 9.44. The van der Waals surface area contributed by atoms with Crippen LogP contribution in [0, 0.1) is 0 Å². The summed E-state index contributed by atoms with van der Waals surface area (Å²) in [6.45, 7) is 0. The number of hydrogen-bond donors (Lipinski definition) is 2. The fourth-order valence-electron chi connectivity index (χ4n) is 0.539. The van der Waals surface area contributed by atoms with Gasteiger partial charge in [-0.1, -0.05) is 11.6 Å². The van der Waals surface area contributed by atoms with E-state index in [1.807, 2.05) is 0 Å². The minimum absolute atomic E-state index is 0.294. The Morgan fingerprint density at radius 2 is 2.44 bits per heavy atom. The fourth-order valence-corrected chi connectivity index (χ4v) is 0.758. The van der Waals surface area contributed by atoms with E-state index in [4.69, 9.17) is 17.3 Å². The maximum atomic E-state index is 10.4. The molecule has 0 radical (unpaired) electrons. The van der Waals surface area contributed by atoms with Crippen molar-refractivity contribution in [2.75, 3.05) is 0 Å². The first-order valence-electron chi connectivity index (χ1n) is 2.34. The lowest BCUT2D eigenvalue weighted by Gasteiger charge is -1.86. The highest BCUT2D eigenvalue weighted by Crippen LogP contribution is 2.10. The molecule has 1 aromatic rings. The summed E-state index contributed by atoms with van der Waals surface area (Å²) in [4.78, 5) is 13.0. The number of carbonyl (C=O) groups excluding carboxylic acids is 1. The van der Waals surface area contributed by atoms with Crippen molar-refractivity contribution in [3.8, 4) is 0 Å². The van der Waals surface area contributed by atoms with Crippen LogP contribution in [0.5, 0.6) is 0 Å². The van der Waals surface area contributed by atoms with E-state index in [0.29, 0.717) is 10.7 Å². The van der Waals surface area contributed by atoms with Crippen LogP contribution in [0.2, 0.25) is 5.15 Å². The van der Waals surface area contributed by atoms with Gasteiger partial charge in [0.25, 0.3) is 5.91 Å². The van der Waals surface area contributed by atoms with E-state index >= 15 is 0 Å². The molecule has 0 fully saturated rings. The number of nitrogens with two attached hydrogens (primary N) is 1. The number of hydrogen-bond acceptors (Lipinski definition) is 1. The first-order chi connectivity index (χ1) is 4.22. The molecule has 3 N–H and O–H groups in total. The third-order valence-electron chi connectivity index (χ3n) is 0.962. The Morgan fingerprint density at radius 3 is 2.67 bits per heavy atom. The number of rotatable bonds is 1. The smallest absolute Gasteiger partial charge is 0.251 e. The van der Waals surface area contributed by atoms with Gasteiger partial charge in [0.15, 0.2) is 0 Å². The maximum Gasteiger partial charge on any atom is 0.251 e. The predicted molar refractivity (Wildman–Crippen MR) is 34.3 cm³/mol. The van der Waals surface area contributed by atoms with Crippen LogP contribution in [0.3, 0.4) is 0 Å². The van der Waals surface area contributed by atoms with E-state index < -0.39 is 5.91 Å². The van der Waals surface area contributed by atoms with Crippen molar-refractivity contribution in [2.45, 2.75) is 0 Å². The van der Waals surface area contributed by atoms with Crippen molar-refractivity contribution in [3.63, 3.8) is 0 Å². The summed E-state index contributed by atoms with van der Waals surface area (Å²) in [7, 11) is 0. The van der Waals surface area contributed by atoms with Crippen LogP contribution in [-0.4, -0.2) is 10.9 Å². The standard InChI is InChI=1S/C5H5ClN2O/c6-4-3(5(7)9)1-2-8-4/h1-2,8H,(H2,7,9). The number of amides is 1. The van der Waals surface area contributed by atoms with E-state index in [0.717, 1.165) is 0 Å². The van der Waals surface area contributed by atoms with Crippen LogP contribution in [0.4, 0.5) is 0 Å². The summed E-state index contributed by atoms with van der Waals surface area (Å²) in [5, 5.41) is 0.294. The third-order valence-corrected chi connectivity index (χ3v) is 1.27. The van der Waals surface area contributed by atoms with Gasteiger partial charge in [0.1, 0.15) is 5.15 Å². The average Bonchev–Trinajstić information content (AvgIpc) is 2.13. The van der Waals surface area contributed by atoms with Gasteiger partial charge >= 0.3 is 0 Å². The van der Waals surface area contributed by atoms with E-state index in [-0.39, 0.29) is 0 Å². The summed E-state index contributed by atoms with van der Waals surface area (Å²) in [5.41, 5.74) is 5.25. The zero-order chi connectivity index (χ0) is 6.85. The van der Waals surface area contributed by atoms with Crippen LogP contribution in [0.25, 0.3) is 0 Å². The minimum atomic E-state index is -0.513. The summed E-state index contributed by atoms with van der Waals surface area (Å²) >= 11 is 5.48. The molecule has 1 heterocycles. The second-order valence-electron chi connectivity index (χ2n) is 1.57. The Hall–Kier alpha value is -0.960. The summed E-state index contributed by atoms with van der Waals surface area (Å²) in [5.74, 6) is -0.513. The van der Waals surface area contributed by atoms with E-state index in [2.05, 4.69) is 4.98 Å². The third kappa shape index (κ3) is 1.05. The fraction of sp³-hybridized carbons (Fsp3) is 0. The molecule has 0 atom stereocenters. The van der Waals surface area contributed by atoms with E-state index in [1.165, 1.54) is 6.07 Å². The molecule has 9 heavy (non-hydrogen) atoms. The molecule has 0 spiro atoms. The van der Waals surface area contributed by atoms with Crippen LogP contribution >= 0.6 is 11.6 Å². The van der Waals surface area contributed by atoms with Gasteiger partial charge in [0.2, 0.25) is 0 Å². The van der Waals surface area contributed by atoms with Gasteiger partial charge in [-0.25, -0.2) is 0 Å². The first kappa shape index (κ1) is 6.16. The molecule has 0 aliphatic rings. The largest absolute Gasteiger partial charge is 0.366 e. The zero-order valence-electron chi connectivity index (χ0n) is 4.52. The molecule has 1 amide bonds. The molecule has 0 saturated carbocycles. The number of carbonyl (C=O) groups is 1. The summed E-state index contributed by atoms with van der Waals surface area (Å²) in [6, 6.07) is 1.53. The Balaban J connectivity index is 3.08. The van der Waals surface area contributed by atoms with Crippen molar-refractivity contribution >= 4 is 17.5 Å². The Labute approximate surface area is 56.8 Å². The molecule has 0 saturated heterocycles. The molecule has 0 aromatic carbocycles. The number of aromatic nitrogens is 1. The maximum absolute atomic E-state index is 10.4. The van der Waals surface area contributed by atoms with Gasteiger partial charge in [0.05, 0.1) is 5.56 Å². The quantitative estimate of drug-likeness (QED) is 0.601. The van der Waals surface area contributed by atoms with Crippen molar-refractivity contribution in [2.24, 2.45) is 5.73 Å². The molecule has 0 aliphatic heterocycles. The lowest BCUT2D eigenvalue weighted by Crippen LogP contribution is -2.09. The second-order valence-corrected chi connectivity index (χ2v) is 1.95. The molecule has 1 aromatic heterocycles. The first-order valence-corrected chi connectivity index (χ1v) is 2.72. The number of primary amides is 1. The molecule has 1 rings (SSSR count). The SMILES string of the molecule is NC(=O)c1cc[nH]c1Cl. The molecule has 4 heteroatoms. The van der Waals surface area contributed by atoms with Crippen molar-refractivity contribution < 1.29 is 4.79 Å². The average molecular weight is 145 g/mol. The number of aromatic amines is 1. The van der Waals surface area contributed by atoms with Gasteiger partial charge < -0.3 is 10.7 Å². The zero-order valence-corrected chi connectivity index (χ0v) is 5.27. The van der Waals surface area contributed by atoms with Crippen molar-refractivity contribution in [1.82, 2.24) is 4.98 Å². The van der Waals surface area contributed by atoms with Gasteiger partial charge in [-0.15, -0.1) is 0 Å². The number of halogens is 1. The summed E-state index contributed by atoms with van der Waals surface area (Å²) < 4.78 is 0. The highest BCUT2D eigenvalue weighted by atomic mass is 35.5. The number of nitrogens with one attached hydrogen (secondary N) is 1. The second kappa shape index (κ2) is 2.11. The Morgan fingerprint density at radius 1 is 1.78 bits per heavy atom. The summed E-state index contributed by atoms with van der Waals surface area (Å²) in [6.07, 6.45) is 1.56. The van der Waals surface area contributed by atoms with Gasteiger partial charge in [0, 0.05) is 6.20 Å². The topological polar surface area (TPSA) is 58.9 Å².